The number of hydrogen-bond donors (Lipinski definition) is 1. The van der Waals surface area contributed by atoms with Gasteiger partial charge in [0.15, 0.2) is 0 Å². The maximum Gasteiger partial charge on any atom is 0.313 e. The molecule has 1 rings (SSSR count). The molecule has 1 atom stereocenters. The summed E-state index contributed by atoms with van der Waals surface area (Å²) in [5.74, 6) is -0.533. The highest BCUT2D eigenvalue weighted by atomic mass is 79.9. The summed E-state index contributed by atoms with van der Waals surface area (Å²) in [4.78, 5) is 11.5. The summed E-state index contributed by atoms with van der Waals surface area (Å²) in [6.07, 6.45) is 0.674. The molecular weight excluding hydrogens is 258 g/mol. The van der Waals surface area contributed by atoms with Gasteiger partial charge in [-0.05, 0) is 34.0 Å². The number of methoxy groups -OCH3 is 1. The maximum absolute atomic E-state index is 11.5. The Balaban J connectivity index is 3.12. The zero-order chi connectivity index (χ0) is 11.4. The molecule has 1 aromatic rings. The van der Waals surface area contributed by atoms with E-state index in [-0.39, 0.29) is 11.9 Å². The van der Waals surface area contributed by atoms with Crippen molar-refractivity contribution in [2.24, 2.45) is 0 Å². The van der Waals surface area contributed by atoms with Crippen molar-refractivity contribution in [3.05, 3.63) is 28.2 Å². The van der Waals surface area contributed by atoms with Crippen LogP contribution in [0, 0.1) is 0 Å². The molecule has 0 amide bonds. The number of halogens is 1. The van der Waals surface area contributed by atoms with Crippen molar-refractivity contribution in [3.8, 4) is 0 Å². The first-order valence-corrected chi connectivity index (χ1v) is 5.52. The summed E-state index contributed by atoms with van der Waals surface area (Å²) in [5, 5.41) is 0. The molecule has 4 heteroatoms. The minimum absolute atomic E-state index is 0.248. The summed E-state index contributed by atoms with van der Waals surface area (Å²) < 4.78 is 5.55. The lowest BCUT2D eigenvalue weighted by atomic mass is 9.95. The number of ether oxygens (including phenoxy) is 1. The molecule has 1 unspecified atom stereocenters. The Hall–Kier alpha value is -1.03. The Morgan fingerprint density at radius 3 is 2.80 bits per heavy atom. The van der Waals surface area contributed by atoms with Crippen LogP contribution in [-0.4, -0.2) is 13.1 Å². The third-order valence-electron chi connectivity index (χ3n) is 2.36. The van der Waals surface area contributed by atoms with Gasteiger partial charge in [-0.1, -0.05) is 19.1 Å². The second kappa shape index (κ2) is 5.16. The van der Waals surface area contributed by atoms with Crippen molar-refractivity contribution < 1.29 is 9.53 Å². The Kier molecular flexibility index (Phi) is 4.15. The molecular formula is C11H14BrNO2. The van der Waals surface area contributed by atoms with E-state index in [0.29, 0.717) is 12.1 Å². The van der Waals surface area contributed by atoms with Crippen LogP contribution in [0.3, 0.4) is 0 Å². The van der Waals surface area contributed by atoms with Crippen molar-refractivity contribution in [3.63, 3.8) is 0 Å². The first-order valence-electron chi connectivity index (χ1n) is 4.73. The third-order valence-corrected chi connectivity index (χ3v) is 3.05. The van der Waals surface area contributed by atoms with E-state index in [0.717, 1.165) is 10.0 Å². The smallest absolute Gasteiger partial charge is 0.313 e. The number of nitrogens with two attached hydrogens (primary N) is 1. The number of carbonyl (C=O) groups is 1. The molecule has 0 aliphatic heterocycles. The summed E-state index contributed by atoms with van der Waals surface area (Å²) in [7, 11) is 1.39. The van der Waals surface area contributed by atoms with Crippen molar-refractivity contribution in [2.75, 3.05) is 12.8 Å². The van der Waals surface area contributed by atoms with Crippen LogP contribution in [0.1, 0.15) is 24.8 Å². The molecule has 0 bridgehead atoms. The van der Waals surface area contributed by atoms with Gasteiger partial charge in [-0.25, -0.2) is 0 Å². The normalized spacial score (nSPS) is 12.2. The van der Waals surface area contributed by atoms with Crippen molar-refractivity contribution in [2.45, 2.75) is 19.3 Å². The fraction of sp³-hybridized carbons (Fsp3) is 0.364. The first-order chi connectivity index (χ1) is 7.11. The van der Waals surface area contributed by atoms with Gasteiger partial charge in [0.25, 0.3) is 0 Å². The monoisotopic (exact) mass is 271 g/mol. The number of para-hydroxylation sites is 1. The van der Waals surface area contributed by atoms with Gasteiger partial charge >= 0.3 is 5.97 Å². The lowest BCUT2D eigenvalue weighted by Crippen LogP contribution is -2.15. The zero-order valence-corrected chi connectivity index (χ0v) is 10.4. The van der Waals surface area contributed by atoms with Gasteiger partial charge < -0.3 is 10.5 Å². The van der Waals surface area contributed by atoms with Gasteiger partial charge in [0.05, 0.1) is 13.0 Å². The zero-order valence-electron chi connectivity index (χ0n) is 8.79. The van der Waals surface area contributed by atoms with Crippen LogP contribution in [0.25, 0.3) is 0 Å². The molecule has 0 heterocycles. The standard InChI is InChI=1S/C11H14BrNO2/c1-3-7(11(14)15-2)8-5-4-6-9(12)10(8)13/h4-7H,3,13H2,1-2H3. The SMILES string of the molecule is CCC(C(=O)OC)c1cccc(Br)c1N. The minimum atomic E-state index is -0.285. The molecule has 0 aliphatic carbocycles. The van der Waals surface area contributed by atoms with Gasteiger partial charge in [-0.15, -0.1) is 0 Å². The molecule has 0 fully saturated rings. The number of anilines is 1. The summed E-state index contributed by atoms with van der Waals surface area (Å²) >= 11 is 3.34. The van der Waals surface area contributed by atoms with E-state index in [9.17, 15) is 4.79 Å². The highest BCUT2D eigenvalue weighted by Crippen LogP contribution is 2.31. The largest absolute Gasteiger partial charge is 0.469 e. The quantitative estimate of drug-likeness (QED) is 0.680. The Bertz CT molecular complexity index is 366. The van der Waals surface area contributed by atoms with E-state index < -0.39 is 0 Å². The van der Waals surface area contributed by atoms with Crippen LogP contribution >= 0.6 is 15.9 Å². The van der Waals surface area contributed by atoms with Gasteiger partial charge in [-0.3, -0.25) is 4.79 Å². The number of esters is 1. The highest BCUT2D eigenvalue weighted by molar-refractivity contribution is 9.10. The fourth-order valence-electron chi connectivity index (χ4n) is 1.51. The van der Waals surface area contributed by atoms with Crippen molar-refractivity contribution >= 4 is 27.6 Å². The van der Waals surface area contributed by atoms with Gasteiger partial charge in [0.2, 0.25) is 0 Å². The molecule has 3 nitrogen and oxygen atoms in total. The van der Waals surface area contributed by atoms with Gasteiger partial charge in [0, 0.05) is 10.2 Å². The van der Waals surface area contributed by atoms with Crippen LogP contribution in [0.5, 0.6) is 0 Å². The van der Waals surface area contributed by atoms with E-state index in [1.165, 1.54) is 7.11 Å². The van der Waals surface area contributed by atoms with Crippen LogP contribution in [-0.2, 0) is 9.53 Å². The highest BCUT2D eigenvalue weighted by Gasteiger charge is 2.21. The van der Waals surface area contributed by atoms with E-state index in [1.807, 2.05) is 25.1 Å². The first kappa shape index (κ1) is 12.0. The number of rotatable bonds is 3. The van der Waals surface area contributed by atoms with E-state index >= 15 is 0 Å². The minimum Gasteiger partial charge on any atom is -0.469 e. The topological polar surface area (TPSA) is 52.3 Å². The molecule has 15 heavy (non-hydrogen) atoms. The van der Waals surface area contributed by atoms with E-state index in [2.05, 4.69) is 15.9 Å². The number of hydrogen-bond acceptors (Lipinski definition) is 3. The molecule has 0 spiro atoms. The fourth-order valence-corrected chi connectivity index (χ4v) is 1.89. The summed E-state index contributed by atoms with van der Waals surface area (Å²) in [6, 6.07) is 5.56. The Morgan fingerprint density at radius 2 is 2.27 bits per heavy atom. The maximum atomic E-state index is 11.5. The molecule has 0 saturated carbocycles. The number of benzene rings is 1. The number of carbonyl (C=O) groups excluding carboxylic acids is 1. The van der Waals surface area contributed by atoms with Crippen LogP contribution in [0.15, 0.2) is 22.7 Å². The van der Waals surface area contributed by atoms with Crippen molar-refractivity contribution in [1.29, 1.82) is 0 Å². The van der Waals surface area contributed by atoms with Crippen molar-refractivity contribution in [1.82, 2.24) is 0 Å². The van der Waals surface area contributed by atoms with E-state index in [4.69, 9.17) is 10.5 Å². The third kappa shape index (κ3) is 2.50. The lowest BCUT2D eigenvalue weighted by Gasteiger charge is -2.15. The predicted octanol–water partition coefficient (Wildman–Crippen LogP) is 2.70. The average Bonchev–Trinajstić information content (AvgIpc) is 2.24. The van der Waals surface area contributed by atoms with E-state index in [1.54, 1.807) is 0 Å². The Morgan fingerprint density at radius 1 is 1.60 bits per heavy atom. The lowest BCUT2D eigenvalue weighted by molar-refractivity contribution is -0.142. The molecule has 0 saturated heterocycles. The number of nitrogen functional groups attached to an aromatic ring is 1. The van der Waals surface area contributed by atoms with Gasteiger partial charge in [-0.2, -0.15) is 0 Å². The molecule has 0 aliphatic rings. The molecule has 0 aromatic heterocycles. The summed E-state index contributed by atoms with van der Waals surface area (Å²) in [5.41, 5.74) is 7.32. The average molecular weight is 272 g/mol. The molecule has 0 radical (unpaired) electrons. The molecule has 1 aromatic carbocycles. The summed E-state index contributed by atoms with van der Waals surface area (Å²) in [6.45, 7) is 1.93. The second-order valence-corrected chi connectivity index (χ2v) is 4.08. The molecule has 2 N–H and O–H groups in total. The second-order valence-electron chi connectivity index (χ2n) is 3.23. The predicted molar refractivity (Wildman–Crippen MR) is 63.6 cm³/mol. The van der Waals surface area contributed by atoms with Crippen LogP contribution in [0.4, 0.5) is 5.69 Å². The van der Waals surface area contributed by atoms with Crippen LogP contribution < -0.4 is 5.73 Å². The van der Waals surface area contributed by atoms with Crippen LogP contribution in [0.2, 0.25) is 0 Å². The molecule has 82 valence electrons. The van der Waals surface area contributed by atoms with Gasteiger partial charge in [0.1, 0.15) is 0 Å². The Labute approximate surface area is 97.7 Å².